The van der Waals surface area contributed by atoms with E-state index < -0.39 is 0 Å². The van der Waals surface area contributed by atoms with Crippen molar-refractivity contribution in [1.29, 1.82) is 0 Å². The zero-order valence-corrected chi connectivity index (χ0v) is 16.7. The smallest absolute Gasteiger partial charge is 0.270 e. The van der Waals surface area contributed by atoms with Crippen molar-refractivity contribution in [3.05, 3.63) is 77.1 Å². The molecule has 0 bridgehead atoms. The van der Waals surface area contributed by atoms with Gasteiger partial charge in [0.15, 0.2) is 0 Å². The topological polar surface area (TPSA) is 85.4 Å². The second-order valence-corrected chi connectivity index (χ2v) is 6.38. The molecule has 0 aliphatic rings. The third kappa shape index (κ3) is 5.22. The lowest BCUT2D eigenvalue weighted by Crippen LogP contribution is -2.24. The molecule has 150 valence electrons. The highest BCUT2D eigenvalue weighted by molar-refractivity contribution is 5.92. The monoisotopic (exact) mass is 392 g/mol. The lowest BCUT2D eigenvalue weighted by Gasteiger charge is -2.12. The maximum atomic E-state index is 12.6. The number of aryl methyl sites for hydroxylation is 1. The molecule has 29 heavy (non-hydrogen) atoms. The summed E-state index contributed by atoms with van der Waals surface area (Å²) >= 11 is 0. The molecule has 7 heteroatoms. The van der Waals surface area contributed by atoms with Crippen LogP contribution in [0.25, 0.3) is 0 Å². The van der Waals surface area contributed by atoms with Gasteiger partial charge in [-0.1, -0.05) is 36.4 Å². The summed E-state index contributed by atoms with van der Waals surface area (Å²) in [5.74, 6) is 1.62. The van der Waals surface area contributed by atoms with Gasteiger partial charge in [-0.15, -0.1) is 0 Å². The number of ether oxygens (including phenoxy) is 2. The van der Waals surface area contributed by atoms with Crippen molar-refractivity contribution >= 4 is 11.9 Å². The SMILES string of the molecule is COc1ccccc1CNC(=O)c1cc(C)nc(NCc2ccccc2OC)n1. The van der Waals surface area contributed by atoms with E-state index in [4.69, 9.17) is 9.47 Å². The standard InChI is InChI=1S/C22H24N4O3/c1-15-12-18(21(27)23-13-16-8-4-6-10-19(16)28-2)26-22(25-15)24-14-17-9-5-7-11-20(17)29-3/h4-12H,13-14H2,1-3H3,(H,23,27)(H,24,25,26). The number of para-hydroxylation sites is 2. The zero-order chi connectivity index (χ0) is 20.6. The number of hydrogen-bond acceptors (Lipinski definition) is 6. The normalized spacial score (nSPS) is 10.3. The highest BCUT2D eigenvalue weighted by Crippen LogP contribution is 2.19. The van der Waals surface area contributed by atoms with Crippen LogP contribution in [0.3, 0.4) is 0 Å². The Morgan fingerprint density at radius 1 is 0.897 bits per heavy atom. The molecule has 0 aliphatic heterocycles. The van der Waals surface area contributed by atoms with Crippen LogP contribution in [0.2, 0.25) is 0 Å². The Morgan fingerprint density at radius 2 is 1.48 bits per heavy atom. The molecule has 0 saturated heterocycles. The van der Waals surface area contributed by atoms with Gasteiger partial charge >= 0.3 is 0 Å². The van der Waals surface area contributed by atoms with Gasteiger partial charge in [-0.2, -0.15) is 0 Å². The molecule has 1 heterocycles. The maximum absolute atomic E-state index is 12.6. The average molecular weight is 392 g/mol. The van der Waals surface area contributed by atoms with E-state index in [0.29, 0.717) is 30.4 Å². The summed E-state index contributed by atoms with van der Waals surface area (Å²) in [5, 5.41) is 6.04. The molecule has 1 aromatic heterocycles. The van der Waals surface area contributed by atoms with Crippen molar-refractivity contribution in [3.63, 3.8) is 0 Å². The Kier molecular flexibility index (Phi) is 6.63. The first-order valence-electron chi connectivity index (χ1n) is 9.22. The molecule has 2 N–H and O–H groups in total. The third-order valence-electron chi connectivity index (χ3n) is 4.35. The number of nitrogens with zero attached hydrogens (tertiary/aromatic N) is 2. The third-order valence-corrected chi connectivity index (χ3v) is 4.35. The molecular formula is C22H24N4O3. The fourth-order valence-electron chi connectivity index (χ4n) is 2.90. The van der Waals surface area contributed by atoms with Crippen molar-refractivity contribution in [2.75, 3.05) is 19.5 Å². The Balaban J connectivity index is 1.68. The Bertz CT molecular complexity index is 991. The van der Waals surface area contributed by atoms with Crippen LogP contribution in [-0.2, 0) is 13.1 Å². The van der Waals surface area contributed by atoms with Crippen LogP contribution in [-0.4, -0.2) is 30.1 Å². The summed E-state index contributed by atoms with van der Waals surface area (Å²) in [6, 6.07) is 16.9. The van der Waals surface area contributed by atoms with E-state index in [-0.39, 0.29) is 5.91 Å². The fourth-order valence-corrected chi connectivity index (χ4v) is 2.90. The number of benzene rings is 2. The minimum absolute atomic E-state index is 0.276. The van der Waals surface area contributed by atoms with Gasteiger partial charge in [0.05, 0.1) is 14.2 Å². The van der Waals surface area contributed by atoms with E-state index in [1.165, 1.54) is 0 Å². The van der Waals surface area contributed by atoms with Crippen molar-refractivity contribution in [3.8, 4) is 11.5 Å². The minimum atomic E-state index is -0.276. The van der Waals surface area contributed by atoms with Gasteiger partial charge in [0.25, 0.3) is 5.91 Å². The first-order chi connectivity index (χ1) is 14.1. The molecule has 2 aromatic carbocycles. The number of carbonyl (C=O) groups excluding carboxylic acids is 1. The summed E-state index contributed by atoms with van der Waals surface area (Å²) in [6.45, 7) is 2.65. The molecule has 0 unspecified atom stereocenters. The van der Waals surface area contributed by atoms with E-state index in [1.807, 2.05) is 55.5 Å². The molecule has 1 amide bonds. The number of rotatable bonds is 8. The van der Waals surface area contributed by atoms with Crippen LogP contribution in [0.4, 0.5) is 5.95 Å². The van der Waals surface area contributed by atoms with E-state index in [9.17, 15) is 4.79 Å². The minimum Gasteiger partial charge on any atom is -0.496 e. The summed E-state index contributed by atoms with van der Waals surface area (Å²) < 4.78 is 10.7. The summed E-state index contributed by atoms with van der Waals surface area (Å²) in [6.07, 6.45) is 0. The first-order valence-corrected chi connectivity index (χ1v) is 9.22. The predicted octanol–water partition coefficient (Wildman–Crippen LogP) is 3.34. The van der Waals surface area contributed by atoms with Crippen LogP contribution in [0, 0.1) is 6.92 Å². The lowest BCUT2D eigenvalue weighted by atomic mass is 10.2. The largest absolute Gasteiger partial charge is 0.496 e. The highest BCUT2D eigenvalue weighted by atomic mass is 16.5. The van der Waals surface area contributed by atoms with Gasteiger partial charge in [0, 0.05) is 29.9 Å². The average Bonchev–Trinajstić information content (AvgIpc) is 2.76. The first kappa shape index (κ1) is 20.1. The maximum Gasteiger partial charge on any atom is 0.270 e. The number of hydrogen-bond donors (Lipinski definition) is 2. The lowest BCUT2D eigenvalue weighted by molar-refractivity contribution is 0.0945. The van der Waals surface area contributed by atoms with Crippen LogP contribution < -0.4 is 20.1 Å². The van der Waals surface area contributed by atoms with Crippen LogP contribution in [0.1, 0.15) is 27.3 Å². The van der Waals surface area contributed by atoms with Crippen LogP contribution >= 0.6 is 0 Å². The van der Waals surface area contributed by atoms with E-state index in [1.54, 1.807) is 20.3 Å². The number of amides is 1. The summed E-state index contributed by atoms with van der Waals surface area (Å²) in [4.78, 5) is 21.3. The Morgan fingerprint density at radius 3 is 2.10 bits per heavy atom. The molecule has 7 nitrogen and oxygen atoms in total. The van der Waals surface area contributed by atoms with Gasteiger partial charge < -0.3 is 20.1 Å². The number of anilines is 1. The molecule has 3 rings (SSSR count). The Hall–Kier alpha value is -3.61. The van der Waals surface area contributed by atoms with E-state index in [0.717, 1.165) is 22.6 Å². The van der Waals surface area contributed by atoms with Crippen LogP contribution in [0.5, 0.6) is 11.5 Å². The second-order valence-electron chi connectivity index (χ2n) is 6.38. The molecule has 0 saturated carbocycles. The quantitative estimate of drug-likeness (QED) is 0.612. The fraction of sp³-hybridized carbons (Fsp3) is 0.227. The summed E-state index contributed by atoms with van der Waals surface area (Å²) in [7, 11) is 3.24. The molecule has 3 aromatic rings. The van der Waals surface area contributed by atoms with Crippen molar-refractivity contribution < 1.29 is 14.3 Å². The van der Waals surface area contributed by atoms with Crippen LogP contribution in [0.15, 0.2) is 54.6 Å². The molecule has 0 fully saturated rings. The number of aromatic nitrogens is 2. The summed E-state index contributed by atoms with van der Waals surface area (Å²) in [5.41, 5.74) is 2.87. The number of carbonyl (C=O) groups is 1. The van der Waals surface area contributed by atoms with Crippen molar-refractivity contribution in [2.24, 2.45) is 0 Å². The molecule has 0 aliphatic carbocycles. The molecule has 0 spiro atoms. The molecular weight excluding hydrogens is 368 g/mol. The number of methoxy groups -OCH3 is 2. The van der Waals surface area contributed by atoms with Gasteiger partial charge in [0.2, 0.25) is 5.95 Å². The van der Waals surface area contributed by atoms with Gasteiger partial charge in [0.1, 0.15) is 17.2 Å². The van der Waals surface area contributed by atoms with Gasteiger partial charge in [-0.05, 0) is 25.1 Å². The van der Waals surface area contributed by atoms with E-state index in [2.05, 4.69) is 20.6 Å². The van der Waals surface area contributed by atoms with Gasteiger partial charge in [-0.3, -0.25) is 4.79 Å². The second kappa shape index (κ2) is 9.54. The molecule has 0 radical (unpaired) electrons. The van der Waals surface area contributed by atoms with E-state index >= 15 is 0 Å². The predicted molar refractivity (Wildman–Crippen MR) is 111 cm³/mol. The highest BCUT2D eigenvalue weighted by Gasteiger charge is 2.12. The van der Waals surface area contributed by atoms with Gasteiger partial charge in [-0.25, -0.2) is 9.97 Å². The molecule has 0 atom stereocenters. The Labute approximate surface area is 170 Å². The zero-order valence-electron chi connectivity index (χ0n) is 16.7. The van der Waals surface area contributed by atoms with Crippen molar-refractivity contribution in [1.82, 2.24) is 15.3 Å². The van der Waals surface area contributed by atoms with Crippen molar-refractivity contribution in [2.45, 2.75) is 20.0 Å². The number of nitrogens with one attached hydrogen (secondary N) is 2.